The van der Waals surface area contributed by atoms with Crippen molar-refractivity contribution in [3.63, 3.8) is 0 Å². The van der Waals surface area contributed by atoms with E-state index in [2.05, 4.69) is 21.3 Å². The van der Waals surface area contributed by atoms with Gasteiger partial charge in [0.15, 0.2) is 0 Å². The molecular weight excluding hydrogens is 496 g/mol. The molecule has 4 N–H and O–H groups in total. The lowest BCUT2D eigenvalue weighted by Gasteiger charge is -2.24. The number of nitrogens with one attached hydrogen (secondary N) is 4. The summed E-state index contributed by atoms with van der Waals surface area (Å²) in [5.41, 5.74) is 2.32. The van der Waals surface area contributed by atoms with Crippen LogP contribution in [0.3, 0.4) is 0 Å². The average Bonchev–Trinajstić information content (AvgIpc) is 2.86. The minimum atomic E-state index is -0.564. The molecule has 5 rings (SSSR count). The molecule has 0 saturated carbocycles. The first-order chi connectivity index (χ1) is 17.5. The third-order valence-corrected chi connectivity index (χ3v) is 8.18. The largest absolute Gasteiger partial charge is 0.324 e. The molecule has 3 aromatic carbocycles. The van der Waals surface area contributed by atoms with Gasteiger partial charge in [-0.2, -0.15) is 0 Å². The number of rotatable bonds is 6. The summed E-state index contributed by atoms with van der Waals surface area (Å²) in [6, 6.07) is 21.7. The summed E-state index contributed by atoms with van der Waals surface area (Å²) in [5.74, 6) is -1.13. The number of anilines is 4. The molecule has 10 heteroatoms. The van der Waals surface area contributed by atoms with Crippen LogP contribution >= 0.6 is 23.5 Å². The lowest BCUT2D eigenvalue weighted by atomic mass is 10.2. The molecule has 2 atom stereocenters. The highest BCUT2D eigenvalue weighted by Crippen LogP contribution is 2.38. The zero-order chi connectivity index (χ0) is 25.1. The standard InChI is InChI=1S/C26H22N4O4S2/c31-23(13-21-25(33)29-17-9-3-5-11-19(17)35-21)27-15-7-1-2-8-16(15)28-24(32)14-22-26(34)30-18-10-4-6-12-20(18)36-22/h1-12,21-22H,13-14H2,(H,27,31)(H,28,32)(H,29,33)(H,30,34). The smallest absolute Gasteiger partial charge is 0.238 e. The lowest BCUT2D eigenvalue weighted by molar-refractivity contribution is -0.120. The topological polar surface area (TPSA) is 116 Å². The second-order valence-electron chi connectivity index (χ2n) is 8.23. The number of carbonyl (C=O) groups is 4. The van der Waals surface area contributed by atoms with Crippen LogP contribution in [0.1, 0.15) is 12.8 Å². The van der Waals surface area contributed by atoms with Crippen LogP contribution in [0.25, 0.3) is 0 Å². The first-order valence-corrected chi connectivity index (χ1v) is 13.0. The summed E-state index contributed by atoms with van der Waals surface area (Å²) in [6.07, 6.45) is -0.0448. The molecule has 36 heavy (non-hydrogen) atoms. The normalized spacial score (nSPS) is 18.2. The van der Waals surface area contributed by atoms with Gasteiger partial charge in [0, 0.05) is 22.6 Å². The van der Waals surface area contributed by atoms with Gasteiger partial charge in [0.1, 0.15) is 0 Å². The SMILES string of the molecule is O=C(CC1Sc2ccccc2NC1=O)Nc1ccccc1NC(=O)CC1Sc2ccccc2NC1=O. The van der Waals surface area contributed by atoms with Crippen molar-refractivity contribution < 1.29 is 19.2 Å². The van der Waals surface area contributed by atoms with Gasteiger partial charge < -0.3 is 21.3 Å². The summed E-state index contributed by atoms with van der Waals surface area (Å²) < 4.78 is 0. The van der Waals surface area contributed by atoms with E-state index in [1.165, 1.54) is 23.5 Å². The van der Waals surface area contributed by atoms with Crippen LogP contribution in [0.5, 0.6) is 0 Å². The molecule has 0 spiro atoms. The Labute approximate surface area is 216 Å². The molecule has 2 aliphatic heterocycles. The highest BCUT2D eigenvalue weighted by molar-refractivity contribution is 8.01. The van der Waals surface area contributed by atoms with Gasteiger partial charge in [-0.05, 0) is 36.4 Å². The third-order valence-electron chi connectivity index (χ3n) is 5.63. The Morgan fingerprint density at radius 1 is 0.639 bits per heavy atom. The number of para-hydroxylation sites is 4. The van der Waals surface area contributed by atoms with Crippen LogP contribution in [0.15, 0.2) is 82.6 Å². The van der Waals surface area contributed by atoms with Crippen LogP contribution in [-0.2, 0) is 19.2 Å². The number of benzene rings is 3. The number of hydrogen-bond donors (Lipinski definition) is 4. The Hall–Kier alpha value is -3.76. The van der Waals surface area contributed by atoms with Gasteiger partial charge >= 0.3 is 0 Å². The van der Waals surface area contributed by atoms with E-state index in [4.69, 9.17) is 0 Å². The minimum absolute atomic E-state index is 0.0224. The molecule has 2 unspecified atom stereocenters. The molecule has 2 aliphatic rings. The van der Waals surface area contributed by atoms with Crippen molar-refractivity contribution in [1.82, 2.24) is 0 Å². The maximum Gasteiger partial charge on any atom is 0.238 e. The predicted molar refractivity (Wildman–Crippen MR) is 142 cm³/mol. The first-order valence-electron chi connectivity index (χ1n) is 11.3. The van der Waals surface area contributed by atoms with Gasteiger partial charge in [-0.25, -0.2) is 0 Å². The van der Waals surface area contributed by atoms with E-state index >= 15 is 0 Å². The number of fused-ring (bicyclic) bond motifs is 2. The van der Waals surface area contributed by atoms with E-state index in [1.54, 1.807) is 24.3 Å². The zero-order valence-electron chi connectivity index (χ0n) is 18.9. The molecular formula is C26H22N4O4S2. The number of thioether (sulfide) groups is 2. The number of amides is 4. The first kappa shape index (κ1) is 24.0. The van der Waals surface area contributed by atoms with Crippen molar-refractivity contribution in [2.24, 2.45) is 0 Å². The minimum Gasteiger partial charge on any atom is -0.324 e. The quantitative estimate of drug-likeness (QED) is 0.380. The Bertz CT molecular complexity index is 1260. The molecule has 4 amide bonds. The summed E-state index contributed by atoms with van der Waals surface area (Å²) in [7, 11) is 0. The van der Waals surface area contributed by atoms with E-state index in [0.29, 0.717) is 11.4 Å². The van der Waals surface area contributed by atoms with Crippen LogP contribution in [0, 0.1) is 0 Å². The fourth-order valence-electron chi connectivity index (χ4n) is 3.89. The Kier molecular flexibility index (Phi) is 6.97. The van der Waals surface area contributed by atoms with Crippen LogP contribution in [-0.4, -0.2) is 34.1 Å². The lowest BCUT2D eigenvalue weighted by Crippen LogP contribution is -2.33. The van der Waals surface area contributed by atoms with Gasteiger partial charge in [0.2, 0.25) is 23.6 Å². The molecule has 0 fully saturated rings. The van der Waals surface area contributed by atoms with Gasteiger partial charge in [-0.1, -0.05) is 36.4 Å². The number of hydrogen-bond acceptors (Lipinski definition) is 6. The van der Waals surface area contributed by atoms with E-state index in [0.717, 1.165) is 21.2 Å². The van der Waals surface area contributed by atoms with E-state index < -0.39 is 10.5 Å². The summed E-state index contributed by atoms with van der Waals surface area (Å²) in [5, 5.41) is 10.1. The third kappa shape index (κ3) is 5.39. The maximum absolute atomic E-state index is 12.8. The van der Waals surface area contributed by atoms with Crippen molar-refractivity contribution >= 4 is 69.9 Å². The molecule has 0 saturated heterocycles. The van der Waals surface area contributed by atoms with Crippen LogP contribution < -0.4 is 21.3 Å². The van der Waals surface area contributed by atoms with E-state index in [9.17, 15) is 19.2 Å². The van der Waals surface area contributed by atoms with Crippen LogP contribution in [0.4, 0.5) is 22.7 Å². The zero-order valence-corrected chi connectivity index (χ0v) is 20.6. The van der Waals surface area contributed by atoms with Crippen molar-refractivity contribution in [2.45, 2.75) is 33.1 Å². The highest BCUT2D eigenvalue weighted by Gasteiger charge is 2.30. The highest BCUT2D eigenvalue weighted by atomic mass is 32.2. The Morgan fingerprint density at radius 2 is 1.03 bits per heavy atom. The molecule has 0 radical (unpaired) electrons. The predicted octanol–water partition coefficient (Wildman–Crippen LogP) is 4.57. The second kappa shape index (κ2) is 10.5. The molecule has 0 bridgehead atoms. The van der Waals surface area contributed by atoms with E-state index in [1.807, 2.05) is 48.5 Å². The Morgan fingerprint density at radius 3 is 1.47 bits per heavy atom. The van der Waals surface area contributed by atoms with Crippen molar-refractivity contribution in [3.05, 3.63) is 72.8 Å². The fraction of sp³-hybridized carbons (Fsp3) is 0.154. The molecule has 0 aliphatic carbocycles. The molecule has 2 heterocycles. The van der Waals surface area contributed by atoms with Gasteiger partial charge in [0.25, 0.3) is 0 Å². The molecule has 3 aromatic rings. The average molecular weight is 519 g/mol. The van der Waals surface area contributed by atoms with Crippen LogP contribution in [0.2, 0.25) is 0 Å². The summed E-state index contributed by atoms with van der Waals surface area (Å²) >= 11 is 2.70. The van der Waals surface area contributed by atoms with E-state index in [-0.39, 0.29) is 36.5 Å². The maximum atomic E-state index is 12.8. The van der Waals surface area contributed by atoms with Crippen molar-refractivity contribution in [2.75, 3.05) is 21.3 Å². The second-order valence-corrected chi connectivity index (χ2v) is 10.7. The Balaban J connectivity index is 1.20. The molecule has 182 valence electrons. The number of carbonyl (C=O) groups excluding carboxylic acids is 4. The van der Waals surface area contributed by atoms with Crippen molar-refractivity contribution in [3.8, 4) is 0 Å². The fourth-order valence-corrected chi connectivity index (χ4v) is 6.12. The van der Waals surface area contributed by atoms with Gasteiger partial charge in [0.05, 0.1) is 33.2 Å². The van der Waals surface area contributed by atoms with Gasteiger partial charge in [-0.15, -0.1) is 23.5 Å². The van der Waals surface area contributed by atoms with Gasteiger partial charge in [-0.3, -0.25) is 19.2 Å². The molecule has 0 aromatic heterocycles. The monoisotopic (exact) mass is 518 g/mol. The summed E-state index contributed by atoms with van der Waals surface area (Å²) in [6.45, 7) is 0. The van der Waals surface area contributed by atoms with Crippen molar-refractivity contribution in [1.29, 1.82) is 0 Å². The summed E-state index contributed by atoms with van der Waals surface area (Å²) in [4.78, 5) is 52.3. The molecule has 8 nitrogen and oxygen atoms in total.